The lowest BCUT2D eigenvalue weighted by atomic mass is 10.1. The van der Waals surface area contributed by atoms with Crippen LogP contribution in [0.15, 0.2) is 55.1 Å². The highest BCUT2D eigenvalue weighted by Gasteiger charge is 2.24. The number of amides is 1. The standard InChI is InChI=1S/C23H20F3N5O/c24-16-4-1-14(2-5-16)22-23(30(13-28-22)12-19(25)26)15-3-8-20-27-10-18(31(20)11-15)9-21(32)29-17-6-7-17/h1-5,8,10-11,13,17,19H,6-7,9,12H2,(H,29,32). The van der Waals surface area contributed by atoms with E-state index < -0.39 is 18.8 Å². The lowest BCUT2D eigenvalue weighted by molar-refractivity contribution is -0.120. The number of aromatic nitrogens is 4. The first kappa shape index (κ1) is 20.3. The zero-order valence-electron chi connectivity index (χ0n) is 17.0. The van der Waals surface area contributed by atoms with E-state index >= 15 is 0 Å². The van der Waals surface area contributed by atoms with Crippen LogP contribution in [0.2, 0.25) is 0 Å². The Kier molecular flexibility index (Phi) is 5.16. The van der Waals surface area contributed by atoms with Crippen molar-refractivity contribution in [3.8, 4) is 22.5 Å². The van der Waals surface area contributed by atoms with Crippen molar-refractivity contribution in [2.45, 2.75) is 38.3 Å². The monoisotopic (exact) mass is 439 g/mol. The van der Waals surface area contributed by atoms with Crippen molar-refractivity contribution >= 4 is 11.6 Å². The van der Waals surface area contributed by atoms with Crippen LogP contribution in [0, 0.1) is 5.82 Å². The average Bonchev–Trinajstić information content (AvgIpc) is 3.34. The Morgan fingerprint density at radius 1 is 1.09 bits per heavy atom. The molecule has 5 rings (SSSR count). The van der Waals surface area contributed by atoms with Gasteiger partial charge in [-0.3, -0.25) is 4.79 Å². The minimum atomic E-state index is -2.57. The lowest BCUT2D eigenvalue weighted by Gasteiger charge is -2.12. The van der Waals surface area contributed by atoms with Crippen LogP contribution < -0.4 is 5.32 Å². The number of carbonyl (C=O) groups excluding carboxylic acids is 1. The van der Waals surface area contributed by atoms with Gasteiger partial charge in [0.25, 0.3) is 6.43 Å². The Bertz CT molecular complexity index is 1270. The molecule has 1 aliphatic rings. The van der Waals surface area contributed by atoms with Crippen LogP contribution in [0.1, 0.15) is 18.5 Å². The number of benzene rings is 1. The smallest absolute Gasteiger partial charge is 0.256 e. The number of hydrogen-bond donors (Lipinski definition) is 1. The van der Waals surface area contributed by atoms with Crippen LogP contribution in [-0.4, -0.2) is 37.3 Å². The molecule has 1 fully saturated rings. The molecule has 0 radical (unpaired) electrons. The molecule has 0 saturated heterocycles. The van der Waals surface area contributed by atoms with Gasteiger partial charge in [-0.1, -0.05) is 0 Å². The number of carbonyl (C=O) groups is 1. The Morgan fingerprint density at radius 3 is 2.56 bits per heavy atom. The van der Waals surface area contributed by atoms with Gasteiger partial charge in [0.2, 0.25) is 5.91 Å². The maximum atomic E-state index is 13.4. The molecule has 32 heavy (non-hydrogen) atoms. The van der Waals surface area contributed by atoms with Gasteiger partial charge in [-0.25, -0.2) is 23.1 Å². The molecule has 9 heteroatoms. The first-order chi connectivity index (χ1) is 15.5. The fourth-order valence-corrected chi connectivity index (χ4v) is 3.76. The topological polar surface area (TPSA) is 64.2 Å². The van der Waals surface area contributed by atoms with Crippen LogP contribution in [0.4, 0.5) is 13.2 Å². The average molecular weight is 439 g/mol. The predicted molar refractivity (Wildman–Crippen MR) is 113 cm³/mol. The first-order valence-corrected chi connectivity index (χ1v) is 10.3. The highest BCUT2D eigenvalue weighted by Crippen LogP contribution is 2.32. The molecule has 3 heterocycles. The van der Waals surface area contributed by atoms with E-state index in [4.69, 9.17) is 0 Å². The molecule has 0 aliphatic heterocycles. The zero-order valence-corrected chi connectivity index (χ0v) is 17.0. The maximum absolute atomic E-state index is 13.4. The van der Waals surface area contributed by atoms with Crippen molar-refractivity contribution in [1.82, 2.24) is 24.3 Å². The quantitative estimate of drug-likeness (QED) is 0.472. The molecule has 4 aromatic rings. The molecule has 6 nitrogen and oxygen atoms in total. The fourth-order valence-electron chi connectivity index (χ4n) is 3.76. The van der Waals surface area contributed by atoms with E-state index in [1.807, 2.05) is 0 Å². The summed E-state index contributed by atoms with van der Waals surface area (Å²) in [6, 6.07) is 9.56. The van der Waals surface area contributed by atoms with E-state index in [9.17, 15) is 18.0 Å². The van der Waals surface area contributed by atoms with Crippen molar-refractivity contribution in [3.05, 3.63) is 66.6 Å². The second kappa shape index (κ2) is 8.14. The molecule has 0 atom stereocenters. The minimum Gasteiger partial charge on any atom is -0.353 e. The predicted octanol–water partition coefficient (Wildman–Crippen LogP) is 4.09. The Labute approximate surface area is 181 Å². The van der Waals surface area contributed by atoms with Crippen LogP contribution in [-0.2, 0) is 17.8 Å². The van der Waals surface area contributed by atoms with Gasteiger partial charge in [0.05, 0.1) is 36.4 Å². The zero-order chi connectivity index (χ0) is 22.2. The number of rotatable bonds is 7. The number of fused-ring (bicyclic) bond motifs is 1. The lowest BCUT2D eigenvalue weighted by Crippen LogP contribution is -2.27. The van der Waals surface area contributed by atoms with Crippen molar-refractivity contribution in [1.29, 1.82) is 0 Å². The van der Waals surface area contributed by atoms with Gasteiger partial charge in [0.15, 0.2) is 0 Å². The summed E-state index contributed by atoms with van der Waals surface area (Å²) >= 11 is 0. The fraction of sp³-hybridized carbons (Fsp3) is 0.261. The van der Waals surface area contributed by atoms with Crippen LogP contribution in [0.3, 0.4) is 0 Å². The largest absolute Gasteiger partial charge is 0.353 e. The van der Waals surface area contributed by atoms with Crippen LogP contribution in [0.5, 0.6) is 0 Å². The van der Waals surface area contributed by atoms with E-state index in [2.05, 4.69) is 15.3 Å². The number of nitrogens with zero attached hydrogens (tertiary/aromatic N) is 4. The summed E-state index contributed by atoms with van der Waals surface area (Å²) in [5.41, 5.74) is 3.55. The molecule has 3 aromatic heterocycles. The molecule has 164 valence electrons. The van der Waals surface area contributed by atoms with Crippen LogP contribution >= 0.6 is 0 Å². The van der Waals surface area contributed by atoms with E-state index in [1.54, 1.807) is 41.1 Å². The van der Waals surface area contributed by atoms with Gasteiger partial charge in [0, 0.05) is 29.6 Å². The third kappa shape index (κ3) is 4.10. The normalized spacial score (nSPS) is 13.8. The Balaban J connectivity index is 1.57. The SMILES string of the molecule is O=C(Cc1cnc2ccc(-c3c(-c4ccc(F)cc4)ncn3CC(F)F)cn12)NC1CC1. The highest BCUT2D eigenvalue weighted by atomic mass is 19.3. The molecule has 0 unspecified atom stereocenters. The second-order valence-corrected chi connectivity index (χ2v) is 7.91. The third-order valence-electron chi connectivity index (χ3n) is 5.43. The molecule has 1 N–H and O–H groups in total. The first-order valence-electron chi connectivity index (χ1n) is 10.3. The number of alkyl halides is 2. The molecule has 0 spiro atoms. The molecule has 1 aliphatic carbocycles. The summed E-state index contributed by atoms with van der Waals surface area (Å²) in [7, 11) is 0. The molecular formula is C23H20F3N5O. The molecule has 1 saturated carbocycles. The number of nitrogens with one attached hydrogen (secondary N) is 1. The van der Waals surface area contributed by atoms with Gasteiger partial charge in [-0.2, -0.15) is 0 Å². The maximum Gasteiger partial charge on any atom is 0.256 e. The molecule has 0 bridgehead atoms. The van der Waals surface area contributed by atoms with E-state index in [0.717, 1.165) is 12.8 Å². The third-order valence-corrected chi connectivity index (χ3v) is 5.43. The van der Waals surface area contributed by atoms with Gasteiger partial charge in [-0.15, -0.1) is 0 Å². The number of hydrogen-bond acceptors (Lipinski definition) is 3. The summed E-state index contributed by atoms with van der Waals surface area (Å²) in [5.74, 6) is -0.467. The Hall–Kier alpha value is -3.62. The molecule has 1 aromatic carbocycles. The van der Waals surface area contributed by atoms with E-state index in [1.165, 1.54) is 23.0 Å². The minimum absolute atomic E-state index is 0.0746. The summed E-state index contributed by atoms with van der Waals surface area (Å²) in [6.07, 6.45) is 4.39. The summed E-state index contributed by atoms with van der Waals surface area (Å²) in [5, 5.41) is 2.96. The van der Waals surface area contributed by atoms with Gasteiger partial charge >= 0.3 is 0 Å². The molecular weight excluding hydrogens is 419 g/mol. The van der Waals surface area contributed by atoms with Crippen molar-refractivity contribution in [3.63, 3.8) is 0 Å². The van der Waals surface area contributed by atoms with Gasteiger partial charge in [-0.05, 0) is 49.2 Å². The van der Waals surface area contributed by atoms with Crippen molar-refractivity contribution in [2.75, 3.05) is 0 Å². The van der Waals surface area contributed by atoms with Crippen molar-refractivity contribution < 1.29 is 18.0 Å². The summed E-state index contributed by atoms with van der Waals surface area (Å²) < 4.78 is 43.1. The van der Waals surface area contributed by atoms with E-state index in [0.29, 0.717) is 33.9 Å². The van der Waals surface area contributed by atoms with E-state index in [-0.39, 0.29) is 18.4 Å². The summed E-state index contributed by atoms with van der Waals surface area (Å²) in [4.78, 5) is 21.0. The Morgan fingerprint density at radius 2 is 1.84 bits per heavy atom. The summed E-state index contributed by atoms with van der Waals surface area (Å²) in [6.45, 7) is -0.526. The van der Waals surface area contributed by atoms with Crippen molar-refractivity contribution in [2.24, 2.45) is 0 Å². The number of halogens is 3. The number of pyridine rings is 1. The molecule has 1 amide bonds. The van der Waals surface area contributed by atoms with Gasteiger partial charge in [0.1, 0.15) is 11.5 Å². The van der Waals surface area contributed by atoms with Crippen LogP contribution in [0.25, 0.3) is 28.2 Å². The second-order valence-electron chi connectivity index (χ2n) is 7.91. The number of imidazole rings is 2. The van der Waals surface area contributed by atoms with Gasteiger partial charge < -0.3 is 14.3 Å². The highest BCUT2D eigenvalue weighted by molar-refractivity contribution is 5.80.